The monoisotopic (exact) mass is 309 g/mol. The Labute approximate surface area is 113 Å². The maximum absolute atomic E-state index is 6.08. The van der Waals surface area contributed by atoms with Crippen molar-refractivity contribution in [2.24, 2.45) is 5.73 Å². The zero-order valence-corrected chi connectivity index (χ0v) is 11.5. The van der Waals surface area contributed by atoms with Gasteiger partial charge in [-0.1, -0.05) is 12.1 Å². The zero-order valence-electron chi connectivity index (χ0n) is 9.08. The van der Waals surface area contributed by atoms with Crippen LogP contribution in [0.3, 0.4) is 0 Å². The SMILES string of the molecule is NC(CSc1ccccc1Br)c1cncnc1. The molecule has 17 heavy (non-hydrogen) atoms. The highest BCUT2D eigenvalue weighted by atomic mass is 79.9. The van der Waals surface area contributed by atoms with Crippen LogP contribution in [0.1, 0.15) is 11.6 Å². The van der Waals surface area contributed by atoms with Gasteiger partial charge < -0.3 is 5.73 Å². The highest BCUT2D eigenvalue weighted by Gasteiger charge is 2.08. The molecule has 3 nitrogen and oxygen atoms in total. The van der Waals surface area contributed by atoms with Crippen molar-refractivity contribution in [3.8, 4) is 0 Å². The number of halogens is 1. The molecule has 1 unspecified atom stereocenters. The van der Waals surface area contributed by atoms with Crippen molar-refractivity contribution < 1.29 is 0 Å². The second kappa shape index (κ2) is 6.14. The van der Waals surface area contributed by atoms with E-state index in [2.05, 4.69) is 32.0 Å². The van der Waals surface area contributed by atoms with Crippen molar-refractivity contribution in [2.45, 2.75) is 10.9 Å². The summed E-state index contributed by atoms with van der Waals surface area (Å²) in [7, 11) is 0. The van der Waals surface area contributed by atoms with Gasteiger partial charge in [-0.15, -0.1) is 11.8 Å². The van der Waals surface area contributed by atoms with Gasteiger partial charge in [-0.25, -0.2) is 9.97 Å². The van der Waals surface area contributed by atoms with E-state index in [9.17, 15) is 0 Å². The van der Waals surface area contributed by atoms with E-state index < -0.39 is 0 Å². The lowest BCUT2D eigenvalue weighted by molar-refractivity contribution is 0.814. The van der Waals surface area contributed by atoms with Gasteiger partial charge >= 0.3 is 0 Å². The molecule has 0 radical (unpaired) electrons. The second-order valence-corrected chi connectivity index (χ2v) is 5.44. The van der Waals surface area contributed by atoms with Gasteiger partial charge in [0.2, 0.25) is 0 Å². The van der Waals surface area contributed by atoms with Crippen molar-refractivity contribution in [2.75, 3.05) is 5.75 Å². The molecular formula is C12H12BrN3S. The fourth-order valence-electron chi connectivity index (χ4n) is 1.34. The van der Waals surface area contributed by atoms with Gasteiger partial charge in [0.25, 0.3) is 0 Å². The molecule has 5 heteroatoms. The number of rotatable bonds is 4. The first-order chi connectivity index (χ1) is 8.27. The summed E-state index contributed by atoms with van der Waals surface area (Å²) in [6, 6.07) is 8.07. The molecule has 2 aromatic rings. The minimum Gasteiger partial charge on any atom is -0.323 e. The van der Waals surface area contributed by atoms with Crippen molar-refractivity contribution in [3.63, 3.8) is 0 Å². The number of hydrogen-bond donors (Lipinski definition) is 1. The summed E-state index contributed by atoms with van der Waals surface area (Å²) < 4.78 is 1.10. The van der Waals surface area contributed by atoms with E-state index in [0.29, 0.717) is 0 Å². The number of hydrogen-bond acceptors (Lipinski definition) is 4. The van der Waals surface area contributed by atoms with Crippen LogP contribution in [0.25, 0.3) is 0 Å². The Balaban J connectivity index is 1.97. The van der Waals surface area contributed by atoms with E-state index in [4.69, 9.17) is 5.73 Å². The molecule has 1 aromatic heterocycles. The lowest BCUT2D eigenvalue weighted by Crippen LogP contribution is -2.13. The second-order valence-electron chi connectivity index (χ2n) is 3.52. The first-order valence-corrected chi connectivity index (χ1v) is 6.93. The van der Waals surface area contributed by atoms with Gasteiger partial charge in [0.05, 0.1) is 0 Å². The van der Waals surface area contributed by atoms with E-state index in [-0.39, 0.29) is 6.04 Å². The third kappa shape index (κ3) is 3.52. The number of nitrogens with two attached hydrogens (primary N) is 1. The minimum atomic E-state index is -0.0479. The predicted molar refractivity (Wildman–Crippen MR) is 73.8 cm³/mol. The van der Waals surface area contributed by atoms with Crippen LogP contribution < -0.4 is 5.73 Å². The minimum absolute atomic E-state index is 0.0479. The van der Waals surface area contributed by atoms with Gasteiger partial charge in [-0.2, -0.15) is 0 Å². The molecule has 88 valence electrons. The van der Waals surface area contributed by atoms with Crippen molar-refractivity contribution in [3.05, 3.63) is 53.0 Å². The summed E-state index contributed by atoms with van der Waals surface area (Å²) >= 11 is 5.24. The number of benzene rings is 1. The summed E-state index contributed by atoms with van der Waals surface area (Å²) in [5, 5.41) is 0. The molecular weight excluding hydrogens is 298 g/mol. The van der Waals surface area contributed by atoms with Crippen molar-refractivity contribution in [1.29, 1.82) is 0 Å². The van der Waals surface area contributed by atoms with Gasteiger partial charge in [0.15, 0.2) is 0 Å². The summed E-state index contributed by atoms with van der Waals surface area (Å²) in [4.78, 5) is 9.13. The quantitative estimate of drug-likeness (QED) is 0.882. The van der Waals surface area contributed by atoms with E-state index >= 15 is 0 Å². The Hall–Kier alpha value is -0.910. The topological polar surface area (TPSA) is 51.8 Å². The third-order valence-corrected chi connectivity index (χ3v) is 4.41. The first kappa shape index (κ1) is 12.5. The smallest absolute Gasteiger partial charge is 0.115 e. The molecule has 0 spiro atoms. The largest absolute Gasteiger partial charge is 0.323 e. The fourth-order valence-corrected chi connectivity index (χ4v) is 2.90. The van der Waals surface area contributed by atoms with Crippen LogP contribution in [-0.4, -0.2) is 15.7 Å². The normalized spacial score (nSPS) is 12.4. The first-order valence-electron chi connectivity index (χ1n) is 5.15. The maximum Gasteiger partial charge on any atom is 0.115 e. The summed E-state index contributed by atoms with van der Waals surface area (Å²) in [6.45, 7) is 0. The molecule has 1 atom stereocenters. The van der Waals surface area contributed by atoms with Crippen LogP contribution in [0, 0.1) is 0 Å². The van der Waals surface area contributed by atoms with E-state index in [1.54, 1.807) is 24.2 Å². The van der Waals surface area contributed by atoms with Crippen LogP contribution in [0.15, 0.2) is 52.4 Å². The Kier molecular flexibility index (Phi) is 4.53. The molecule has 0 aliphatic carbocycles. The van der Waals surface area contributed by atoms with Crippen molar-refractivity contribution >= 4 is 27.7 Å². The lowest BCUT2D eigenvalue weighted by Gasteiger charge is -2.11. The molecule has 1 heterocycles. The number of nitrogens with zero attached hydrogens (tertiary/aromatic N) is 2. The molecule has 0 aliphatic heterocycles. The highest BCUT2D eigenvalue weighted by Crippen LogP contribution is 2.29. The van der Waals surface area contributed by atoms with Gasteiger partial charge in [0, 0.05) is 39.1 Å². The molecule has 0 saturated carbocycles. The van der Waals surface area contributed by atoms with Gasteiger partial charge in [-0.05, 0) is 28.1 Å². The Morgan fingerprint density at radius 3 is 2.65 bits per heavy atom. The fraction of sp³-hybridized carbons (Fsp3) is 0.167. The zero-order chi connectivity index (χ0) is 12.1. The van der Waals surface area contributed by atoms with Crippen molar-refractivity contribution in [1.82, 2.24) is 9.97 Å². The molecule has 0 amide bonds. The van der Waals surface area contributed by atoms with E-state index in [1.165, 1.54) is 11.2 Å². The average Bonchev–Trinajstić information content (AvgIpc) is 2.38. The van der Waals surface area contributed by atoms with E-state index in [0.717, 1.165) is 15.8 Å². The van der Waals surface area contributed by atoms with Gasteiger partial charge in [0.1, 0.15) is 6.33 Å². The number of thioether (sulfide) groups is 1. The molecule has 0 saturated heterocycles. The lowest BCUT2D eigenvalue weighted by atomic mass is 10.2. The molecule has 0 bridgehead atoms. The predicted octanol–water partition coefficient (Wildman–Crippen LogP) is 3.03. The molecule has 0 fully saturated rings. The summed E-state index contributed by atoms with van der Waals surface area (Å²) in [5.41, 5.74) is 7.04. The van der Waals surface area contributed by atoms with Crippen LogP contribution in [0.2, 0.25) is 0 Å². The summed E-state index contributed by atoms with van der Waals surface area (Å²) in [5.74, 6) is 0.802. The van der Waals surface area contributed by atoms with Crippen LogP contribution in [-0.2, 0) is 0 Å². The summed E-state index contributed by atoms with van der Waals surface area (Å²) in [6.07, 6.45) is 5.04. The van der Waals surface area contributed by atoms with Crippen LogP contribution in [0.5, 0.6) is 0 Å². The molecule has 0 aliphatic rings. The average molecular weight is 310 g/mol. The Morgan fingerprint density at radius 2 is 1.94 bits per heavy atom. The standard InChI is InChI=1S/C12H12BrN3S/c13-10-3-1-2-4-12(10)17-7-11(14)9-5-15-8-16-6-9/h1-6,8,11H,7,14H2. The van der Waals surface area contributed by atoms with E-state index in [1.807, 2.05) is 18.2 Å². The van der Waals surface area contributed by atoms with Gasteiger partial charge in [-0.3, -0.25) is 0 Å². The highest BCUT2D eigenvalue weighted by molar-refractivity contribution is 9.10. The molecule has 1 aromatic carbocycles. The maximum atomic E-state index is 6.08. The third-order valence-electron chi connectivity index (χ3n) is 2.26. The Bertz CT molecular complexity index is 478. The van der Waals surface area contributed by atoms with Crippen LogP contribution in [0.4, 0.5) is 0 Å². The number of aromatic nitrogens is 2. The van der Waals surface area contributed by atoms with Crippen LogP contribution >= 0.6 is 27.7 Å². The molecule has 2 N–H and O–H groups in total. The Morgan fingerprint density at radius 1 is 1.24 bits per heavy atom. The molecule has 2 rings (SSSR count).